The Morgan fingerprint density at radius 1 is 1.38 bits per heavy atom. The number of carbonyl (C=O) groups excluding carboxylic acids is 2. The topological polar surface area (TPSA) is 80.4 Å². The fourth-order valence-electron chi connectivity index (χ4n) is 4.34. The molecular weight excluding hydrogens is 326 g/mol. The van der Waals surface area contributed by atoms with Crippen LogP contribution in [0, 0.1) is 5.41 Å². The van der Waals surface area contributed by atoms with Gasteiger partial charge in [0.1, 0.15) is 0 Å². The summed E-state index contributed by atoms with van der Waals surface area (Å²) in [5, 5.41) is 10.5. The Morgan fingerprint density at radius 3 is 2.77 bits per heavy atom. The predicted octanol–water partition coefficient (Wildman–Crippen LogP) is 2.89. The van der Waals surface area contributed by atoms with Crippen LogP contribution in [0.5, 0.6) is 0 Å². The molecule has 0 heterocycles. The molecule has 0 aromatic heterocycles. The summed E-state index contributed by atoms with van der Waals surface area (Å²) in [6, 6.07) is 8.94. The molecule has 138 valence electrons. The molecule has 0 saturated heterocycles. The smallest absolute Gasteiger partial charge is 0.184 e. The van der Waals surface area contributed by atoms with Gasteiger partial charge in [-0.3, -0.25) is 9.59 Å². The Bertz CT molecular complexity index is 778. The normalized spacial score (nSPS) is 28.8. The van der Waals surface area contributed by atoms with Gasteiger partial charge < -0.3 is 10.8 Å². The van der Waals surface area contributed by atoms with E-state index in [4.69, 9.17) is 5.73 Å². The number of carbonyl (C=O) groups is 2. The first-order chi connectivity index (χ1) is 12.3. The second kappa shape index (κ2) is 7.29. The van der Waals surface area contributed by atoms with Crippen molar-refractivity contribution in [1.29, 1.82) is 0 Å². The Hall–Kier alpha value is -2.04. The van der Waals surface area contributed by atoms with Crippen LogP contribution in [-0.2, 0) is 16.0 Å². The average molecular weight is 353 g/mol. The lowest BCUT2D eigenvalue weighted by Crippen LogP contribution is -2.42. The molecule has 0 spiro atoms. The third kappa shape index (κ3) is 3.44. The second-order valence-corrected chi connectivity index (χ2v) is 7.80. The van der Waals surface area contributed by atoms with Crippen molar-refractivity contribution in [3.05, 3.63) is 58.7 Å². The third-order valence-electron chi connectivity index (χ3n) is 5.95. The summed E-state index contributed by atoms with van der Waals surface area (Å²) in [7, 11) is 0. The van der Waals surface area contributed by atoms with E-state index >= 15 is 0 Å². The van der Waals surface area contributed by atoms with Crippen LogP contribution in [0.2, 0.25) is 0 Å². The van der Waals surface area contributed by atoms with Crippen LogP contribution < -0.4 is 5.73 Å². The van der Waals surface area contributed by atoms with Crippen molar-refractivity contribution >= 4 is 11.6 Å². The Morgan fingerprint density at radius 2 is 2.08 bits per heavy atom. The van der Waals surface area contributed by atoms with E-state index in [2.05, 4.69) is 0 Å². The summed E-state index contributed by atoms with van der Waals surface area (Å²) in [5.41, 5.74) is 8.83. The number of fused-ring (bicyclic) bond motifs is 1. The highest BCUT2D eigenvalue weighted by Crippen LogP contribution is 2.50. The maximum Gasteiger partial charge on any atom is 0.184 e. The van der Waals surface area contributed by atoms with Gasteiger partial charge in [0.15, 0.2) is 11.6 Å². The SMILES string of the molecule is CC1=C2CCC[C@H](O)[C@@]2(C)CC(=CC(=O)[C@@H](N)Cc2ccccc2)C1=O. The summed E-state index contributed by atoms with van der Waals surface area (Å²) >= 11 is 0. The molecule has 1 saturated carbocycles. The van der Waals surface area contributed by atoms with Gasteiger partial charge in [-0.1, -0.05) is 42.8 Å². The highest BCUT2D eigenvalue weighted by Gasteiger charge is 2.45. The highest BCUT2D eigenvalue weighted by atomic mass is 16.3. The Kier molecular flexibility index (Phi) is 5.26. The largest absolute Gasteiger partial charge is 0.392 e. The first kappa shape index (κ1) is 18.7. The molecule has 4 heteroatoms. The number of rotatable bonds is 4. The molecule has 0 bridgehead atoms. The van der Waals surface area contributed by atoms with Gasteiger partial charge in [0.25, 0.3) is 0 Å². The standard InChI is InChI=1S/C22H27NO3/c1-14-17-9-6-10-20(25)22(17,2)13-16(21(14)26)12-19(24)18(23)11-15-7-4-3-5-8-15/h3-5,7-8,12,18,20,25H,6,9-11,13,23H2,1-2H3/t18-,20-,22-/m0/s1. The molecule has 3 N–H and O–H groups in total. The van der Waals surface area contributed by atoms with Crippen molar-refractivity contribution in [1.82, 2.24) is 0 Å². The van der Waals surface area contributed by atoms with Crippen molar-refractivity contribution in [2.24, 2.45) is 11.1 Å². The molecule has 26 heavy (non-hydrogen) atoms. The molecular formula is C22H27NO3. The van der Waals surface area contributed by atoms with Gasteiger partial charge in [-0.25, -0.2) is 0 Å². The number of hydrogen-bond acceptors (Lipinski definition) is 4. The van der Waals surface area contributed by atoms with E-state index in [9.17, 15) is 14.7 Å². The molecule has 1 aromatic carbocycles. The molecule has 2 aliphatic carbocycles. The second-order valence-electron chi connectivity index (χ2n) is 7.80. The van der Waals surface area contributed by atoms with Crippen LogP contribution >= 0.6 is 0 Å². The number of aliphatic hydroxyl groups excluding tert-OH is 1. The summed E-state index contributed by atoms with van der Waals surface area (Å²) < 4.78 is 0. The minimum Gasteiger partial charge on any atom is -0.392 e. The molecule has 0 amide bonds. The van der Waals surface area contributed by atoms with E-state index in [1.807, 2.05) is 44.2 Å². The molecule has 0 unspecified atom stereocenters. The number of ketones is 2. The van der Waals surface area contributed by atoms with E-state index in [-0.39, 0.29) is 11.6 Å². The van der Waals surface area contributed by atoms with E-state index in [1.54, 1.807) is 0 Å². The molecule has 2 aliphatic rings. The molecule has 3 rings (SSSR count). The number of benzene rings is 1. The van der Waals surface area contributed by atoms with Gasteiger partial charge in [-0.05, 0) is 56.2 Å². The van der Waals surface area contributed by atoms with Gasteiger partial charge in [-0.15, -0.1) is 0 Å². The first-order valence-corrected chi connectivity index (χ1v) is 9.30. The monoisotopic (exact) mass is 353 g/mol. The Balaban J connectivity index is 1.83. The van der Waals surface area contributed by atoms with Crippen molar-refractivity contribution in [3.63, 3.8) is 0 Å². The zero-order valence-electron chi connectivity index (χ0n) is 15.5. The van der Waals surface area contributed by atoms with Crippen LogP contribution in [0.25, 0.3) is 0 Å². The minimum atomic E-state index is -0.674. The van der Waals surface area contributed by atoms with E-state index < -0.39 is 17.6 Å². The summed E-state index contributed by atoms with van der Waals surface area (Å²) in [4.78, 5) is 25.3. The average Bonchev–Trinajstić information content (AvgIpc) is 2.62. The highest BCUT2D eigenvalue weighted by molar-refractivity contribution is 6.13. The van der Waals surface area contributed by atoms with Crippen LogP contribution in [0.4, 0.5) is 0 Å². The third-order valence-corrected chi connectivity index (χ3v) is 5.95. The zero-order valence-corrected chi connectivity index (χ0v) is 15.5. The van der Waals surface area contributed by atoms with Gasteiger partial charge in [0.2, 0.25) is 0 Å². The number of aliphatic hydroxyl groups is 1. The van der Waals surface area contributed by atoms with Crippen molar-refractivity contribution in [2.45, 2.75) is 58.1 Å². The lowest BCUT2D eigenvalue weighted by Gasteiger charge is -2.45. The molecule has 1 aromatic rings. The molecule has 0 aliphatic heterocycles. The lowest BCUT2D eigenvalue weighted by atomic mass is 9.61. The minimum absolute atomic E-state index is 0.0770. The summed E-state index contributed by atoms with van der Waals surface area (Å²) in [6.07, 6.45) is 4.27. The maximum atomic E-state index is 12.7. The van der Waals surface area contributed by atoms with Crippen LogP contribution in [0.3, 0.4) is 0 Å². The van der Waals surface area contributed by atoms with Gasteiger partial charge in [0, 0.05) is 11.0 Å². The first-order valence-electron chi connectivity index (χ1n) is 9.30. The van der Waals surface area contributed by atoms with Gasteiger partial charge in [0.05, 0.1) is 12.1 Å². The molecule has 3 atom stereocenters. The fourth-order valence-corrected chi connectivity index (χ4v) is 4.34. The summed E-state index contributed by atoms with van der Waals surface area (Å²) in [5.74, 6) is -0.311. The van der Waals surface area contributed by atoms with Crippen molar-refractivity contribution in [2.75, 3.05) is 0 Å². The predicted molar refractivity (Wildman–Crippen MR) is 102 cm³/mol. The van der Waals surface area contributed by atoms with Gasteiger partial charge >= 0.3 is 0 Å². The molecule has 4 nitrogen and oxygen atoms in total. The number of Topliss-reactive ketones (excluding diaryl/α,β-unsaturated/α-hetero) is 1. The van der Waals surface area contributed by atoms with Crippen molar-refractivity contribution in [3.8, 4) is 0 Å². The quantitative estimate of drug-likeness (QED) is 0.816. The van der Waals surface area contributed by atoms with Gasteiger partial charge in [-0.2, -0.15) is 0 Å². The van der Waals surface area contributed by atoms with E-state index in [0.717, 1.165) is 30.4 Å². The number of allylic oxidation sites excluding steroid dienone is 2. The van der Waals surface area contributed by atoms with E-state index in [1.165, 1.54) is 6.08 Å². The van der Waals surface area contributed by atoms with E-state index in [0.29, 0.717) is 24.0 Å². The fraction of sp³-hybridized carbons (Fsp3) is 0.455. The lowest BCUT2D eigenvalue weighted by molar-refractivity contribution is -0.117. The van der Waals surface area contributed by atoms with Crippen LogP contribution in [0.1, 0.15) is 45.1 Å². The Labute approximate surface area is 154 Å². The molecule has 0 radical (unpaired) electrons. The van der Waals surface area contributed by atoms with Crippen molar-refractivity contribution < 1.29 is 14.7 Å². The number of nitrogens with two attached hydrogens (primary N) is 1. The maximum absolute atomic E-state index is 12.7. The van der Waals surface area contributed by atoms with Crippen LogP contribution in [-0.4, -0.2) is 28.8 Å². The zero-order chi connectivity index (χ0) is 18.9. The number of hydrogen-bond donors (Lipinski definition) is 2. The summed E-state index contributed by atoms with van der Waals surface area (Å²) in [6.45, 7) is 3.82. The molecule has 1 fully saturated rings. The van der Waals surface area contributed by atoms with Crippen LogP contribution in [0.15, 0.2) is 53.1 Å².